The first kappa shape index (κ1) is 13.6. The van der Waals surface area contributed by atoms with Crippen LogP contribution in [0.5, 0.6) is 0 Å². The van der Waals surface area contributed by atoms with E-state index in [-0.39, 0.29) is 18.6 Å². The zero-order chi connectivity index (χ0) is 13.8. The molecular formula is C15H20N2O2. The molecule has 102 valence electrons. The van der Waals surface area contributed by atoms with Crippen LogP contribution in [0, 0.1) is 0 Å². The number of carbonyl (C=O) groups excluding carboxylic acids is 1. The monoisotopic (exact) mass is 260 g/mol. The van der Waals surface area contributed by atoms with Crippen LogP contribution < -0.4 is 5.73 Å². The van der Waals surface area contributed by atoms with E-state index in [2.05, 4.69) is 6.07 Å². The molecule has 1 aromatic carbocycles. The SMILES string of the molecule is CCOC(=O)Cn1cc(CC(C)N)c2ccccc21. The molecule has 0 spiro atoms. The first-order valence-electron chi connectivity index (χ1n) is 6.59. The second-order valence-corrected chi connectivity index (χ2v) is 4.79. The number of para-hydroxylation sites is 1. The molecule has 2 aromatic rings. The standard InChI is InChI=1S/C15H20N2O2/c1-3-19-15(18)10-17-9-12(8-11(2)16)13-6-4-5-7-14(13)17/h4-7,9,11H,3,8,10,16H2,1-2H3. The lowest BCUT2D eigenvalue weighted by atomic mass is 10.1. The van der Waals surface area contributed by atoms with E-state index in [4.69, 9.17) is 10.5 Å². The van der Waals surface area contributed by atoms with Gasteiger partial charge in [-0.15, -0.1) is 0 Å². The van der Waals surface area contributed by atoms with Crippen molar-refractivity contribution in [2.24, 2.45) is 5.73 Å². The van der Waals surface area contributed by atoms with Crippen molar-refractivity contribution in [2.45, 2.75) is 32.9 Å². The highest BCUT2D eigenvalue weighted by Crippen LogP contribution is 2.22. The molecule has 1 unspecified atom stereocenters. The highest BCUT2D eigenvalue weighted by Gasteiger charge is 2.12. The summed E-state index contributed by atoms with van der Waals surface area (Å²) in [4.78, 5) is 11.6. The van der Waals surface area contributed by atoms with Crippen LogP contribution in [0.3, 0.4) is 0 Å². The molecular weight excluding hydrogens is 240 g/mol. The molecule has 0 saturated heterocycles. The molecule has 0 saturated carbocycles. The first-order chi connectivity index (χ1) is 9.11. The molecule has 2 N–H and O–H groups in total. The molecule has 4 nitrogen and oxygen atoms in total. The van der Waals surface area contributed by atoms with Gasteiger partial charge in [0.15, 0.2) is 0 Å². The number of aromatic nitrogens is 1. The quantitative estimate of drug-likeness (QED) is 0.837. The molecule has 19 heavy (non-hydrogen) atoms. The Balaban J connectivity index is 2.35. The van der Waals surface area contributed by atoms with Crippen LogP contribution in [0.15, 0.2) is 30.5 Å². The average Bonchev–Trinajstić information content (AvgIpc) is 2.68. The van der Waals surface area contributed by atoms with Crippen molar-refractivity contribution >= 4 is 16.9 Å². The summed E-state index contributed by atoms with van der Waals surface area (Å²) in [6, 6.07) is 8.15. The Labute approximate surface area is 113 Å². The molecule has 0 fully saturated rings. The van der Waals surface area contributed by atoms with Crippen molar-refractivity contribution in [1.29, 1.82) is 0 Å². The maximum absolute atomic E-state index is 11.6. The van der Waals surface area contributed by atoms with Crippen molar-refractivity contribution in [3.63, 3.8) is 0 Å². The van der Waals surface area contributed by atoms with Gasteiger partial charge in [0.05, 0.1) is 6.61 Å². The summed E-state index contributed by atoms with van der Waals surface area (Å²) in [7, 11) is 0. The van der Waals surface area contributed by atoms with Crippen LogP contribution in [0.1, 0.15) is 19.4 Å². The molecule has 0 aliphatic carbocycles. The van der Waals surface area contributed by atoms with E-state index >= 15 is 0 Å². The normalized spacial score (nSPS) is 12.6. The van der Waals surface area contributed by atoms with Crippen LogP contribution in [-0.2, 0) is 22.5 Å². The van der Waals surface area contributed by atoms with Gasteiger partial charge >= 0.3 is 5.97 Å². The zero-order valence-electron chi connectivity index (χ0n) is 11.4. The van der Waals surface area contributed by atoms with Gasteiger partial charge in [-0.3, -0.25) is 4.79 Å². The van der Waals surface area contributed by atoms with Gasteiger partial charge in [0.2, 0.25) is 0 Å². The van der Waals surface area contributed by atoms with Gasteiger partial charge in [-0.1, -0.05) is 18.2 Å². The van der Waals surface area contributed by atoms with Crippen molar-refractivity contribution < 1.29 is 9.53 Å². The number of rotatable bonds is 5. The molecule has 1 aromatic heterocycles. The predicted molar refractivity (Wildman–Crippen MR) is 75.9 cm³/mol. The number of hydrogen-bond donors (Lipinski definition) is 1. The Morgan fingerprint density at radius 2 is 2.16 bits per heavy atom. The number of carbonyl (C=O) groups is 1. The maximum atomic E-state index is 11.6. The number of esters is 1. The van der Waals surface area contributed by atoms with Gasteiger partial charge in [-0.05, 0) is 31.9 Å². The summed E-state index contributed by atoms with van der Waals surface area (Å²) in [6.07, 6.45) is 2.81. The average molecular weight is 260 g/mol. The third kappa shape index (κ3) is 3.15. The van der Waals surface area contributed by atoms with Crippen LogP contribution in [0.25, 0.3) is 10.9 Å². The van der Waals surface area contributed by atoms with E-state index in [0.717, 1.165) is 17.3 Å². The molecule has 0 amide bonds. The lowest BCUT2D eigenvalue weighted by Gasteiger charge is -2.04. The van der Waals surface area contributed by atoms with E-state index in [0.29, 0.717) is 6.61 Å². The minimum absolute atomic E-state index is 0.0989. The Kier molecular flexibility index (Phi) is 4.22. The van der Waals surface area contributed by atoms with Gasteiger partial charge in [-0.2, -0.15) is 0 Å². The maximum Gasteiger partial charge on any atom is 0.325 e. The van der Waals surface area contributed by atoms with Crippen LogP contribution in [0.4, 0.5) is 0 Å². The lowest BCUT2D eigenvalue weighted by Crippen LogP contribution is -2.17. The first-order valence-corrected chi connectivity index (χ1v) is 6.59. The summed E-state index contributed by atoms with van der Waals surface area (Å²) in [5.41, 5.74) is 8.10. The smallest absolute Gasteiger partial charge is 0.325 e. The fourth-order valence-corrected chi connectivity index (χ4v) is 2.31. The van der Waals surface area contributed by atoms with Gasteiger partial charge in [0.1, 0.15) is 6.54 Å². The fraction of sp³-hybridized carbons (Fsp3) is 0.400. The number of benzene rings is 1. The number of hydrogen-bond acceptors (Lipinski definition) is 3. The second-order valence-electron chi connectivity index (χ2n) is 4.79. The fourth-order valence-electron chi connectivity index (χ4n) is 2.31. The summed E-state index contributed by atoms with van der Waals surface area (Å²) in [6.45, 7) is 4.45. The summed E-state index contributed by atoms with van der Waals surface area (Å²) >= 11 is 0. The number of nitrogens with two attached hydrogens (primary N) is 1. The van der Waals surface area contributed by atoms with Gasteiger partial charge < -0.3 is 15.0 Å². The summed E-state index contributed by atoms with van der Waals surface area (Å²) in [5, 5.41) is 1.16. The Hall–Kier alpha value is -1.81. The Morgan fingerprint density at radius 3 is 2.84 bits per heavy atom. The molecule has 0 radical (unpaired) electrons. The van der Waals surface area contributed by atoms with Crippen LogP contribution >= 0.6 is 0 Å². The zero-order valence-corrected chi connectivity index (χ0v) is 11.4. The minimum atomic E-state index is -0.212. The van der Waals surface area contributed by atoms with E-state index in [1.807, 2.05) is 42.8 Å². The second kappa shape index (κ2) is 5.89. The molecule has 2 rings (SSSR count). The molecule has 0 aliphatic rings. The lowest BCUT2D eigenvalue weighted by molar-refractivity contribution is -0.143. The molecule has 0 bridgehead atoms. The van der Waals surface area contributed by atoms with Crippen LogP contribution in [-0.4, -0.2) is 23.2 Å². The highest BCUT2D eigenvalue weighted by atomic mass is 16.5. The van der Waals surface area contributed by atoms with Crippen molar-refractivity contribution in [3.8, 4) is 0 Å². The number of fused-ring (bicyclic) bond motifs is 1. The topological polar surface area (TPSA) is 57.2 Å². The predicted octanol–water partition coefficient (Wildman–Crippen LogP) is 2.09. The Bertz CT molecular complexity index is 573. The Morgan fingerprint density at radius 1 is 1.42 bits per heavy atom. The van der Waals surface area contributed by atoms with E-state index in [1.54, 1.807) is 0 Å². The summed E-state index contributed by atoms with van der Waals surface area (Å²) in [5.74, 6) is -0.212. The molecule has 1 heterocycles. The third-order valence-corrected chi connectivity index (χ3v) is 3.02. The van der Waals surface area contributed by atoms with Crippen molar-refractivity contribution in [3.05, 3.63) is 36.0 Å². The van der Waals surface area contributed by atoms with Crippen molar-refractivity contribution in [1.82, 2.24) is 4.57 Å². The van der Waals surface area contributed by atoms with Gasteiger partial charge in [0.25, 0.3) is 0 Å². The van der Waals surface area contributed by atoms with Crippen LogP contribution in [0.2, 0.25) is 0 Å². The molecule has 1 atom stereocenters. The van der Waals surface area contributed by atoms with E-state index < -0.39 is 0 Å². The van der Waals surface area contributed by atoms with Gasteiger partial charge in [0, 0.05) is 23.1 Å². The number of nitrogens with zero attached hydrogens (tertiary/aromatic N) is 1. The molecule has 0 aliphatic heterocycles. The minimum Gasteiger partial charge on any atom is -0.465 e. The van der Waals surface area contributed by atoms with E-state index in [1.165, 1.54) is 5.56 Å². The molecule has 4 heteroatoms. The van der Waals surface area contributed by atoms with Gasteiger partial charge in [-0.25, -0.2) is 0 Å². The number of ether oxygens (including phenoxy) is 1. The third-order valence-electron chi connectivity index (χ3n) is 3.02. The summed E-state index contributed by atoms with van der Waals surface area (Å²) < 4.78 is 6.94. The van der Waals surface area contributed by atoms with Crippen molar-refractivity contribution in [2.75, 3.05) is 6.61 Å². The highest BCUT2D eigenvalue weighted by molar-refractivity contribution is 5.85. The largest absolute Gasteiger partial charge is 0.465 e. The van der Waals surface area contributed by atoms with E-state index in [9.17, 15) is 4.79 Å².